The van der Waals surface area contributed by atoms with E-state index in [2.05, 4.69) is 5.32 Å². The van der Waals surface area contributed by atoms with Crippen LogP contribution in [0, 0.1) is 11.3 Å². The fourth-order valence-electron chi connectivity index (χ4n) is 4.62. The van der Waals surface area contributed by atoms with Crippen molar-refractivity contribution in [1.29, 1.82) is 0 Å². The van der Waals surface area contributed by atoms with Crippen LogP contribution in [0.15, 0.2) is 24.3 Å². The normalized spacial score (nSPS) is 16.2. The van der Waals surface area contributed by atoms with E-state index in [-0.39, 0.29) is 31.3 Å². The molecule has 2 N–H and O–H groups in total. The SMILES string of the molecule is CCCCOC(=O)CC(CCOc1ccc(Cl)cc1)NC(=O)C1(CC(CCOC)C(=O)O)CCCC1. The van der Waals surface area contributed by atoms with E-state index in [1.54, 1.807) is 24.3 Å². The van der Waals surface area contributed by atoms with Crippen LogP contribution in [0.2, 0.25) is 5.02 Å². The predicted octanol–water partition coefficient (Wildman–Crippen LogP) is 5.01. The van der Waals surface area contributed by atoms with Crippen LogP contribution in [-0.2, 0) is 23.9 Å². The zero-order valence-corrected chi connectivity index (χ0v) is 22.2. The summed E-state index contributed by atoms with van der Waals surface area (Å²) < 4.78 is 16.2. The van der Waals surface area contributed by atoms with E-state index in [1.165, 1.54) is 7.11 Å². The Morgan fingerprint density at radius 3 is 2.39 bits per heavy atom. The summed E-state index contributed by atoms with van der Waals surface area (Å²) in [4.78, 5) is 37.9. The molecule has 0 aliphatic heterocycles. The highest BCUT2D eigenvalue weighted by atomic mass is 35.5. The zero-order valence-electron chi connectivity index (χ0n) is 21.4. The van der Waals surface area contributed by atoms with Gasteiger partial charge in [0.1, 0.15) is 5.75 Å². The molecule has 1 aromatic carbocycles. The molecule has 1 saturated carbocycles. The lowest BCUT2D eigenvalue weighted by atomic mass is 9.75. The Balaban J connectivity index is 2.07. The van der Waals surface area contributed by atoms with E-state index in [1.807, 2.05) is 6.92 Å². The number of esters is 1. The number of carboxylic acids is 1. The van der Waals surface area contributed by atoms with Gasteiger partial charge in [-0.25, -0.2) is 0 Å². The fraction of sp³-hybridized carbons (Fsp3) is 0.667. The van der Waals surface area contributed by atoms with Gasteiger partial charge >= 0.3 is 11.9 Å². The number of halogens is 1. The molecular weight excluding hydrogens is 486 g/mol. The van der Waals surface area contributed by atoms with Gasteiger partial charge in [-0.2, -0.15) is 0 Å². The summed E-state index contributed by atoms with van der Waals surface area (Å²) in [6, 6.07) is 6.49. The molecule has 36 heavy (non-hydrogen) atoms. The standard InChI is InChI=1S/C27H40ClNO7/c1-3-4-15-36-24(30)18-22(12-17-35-23-9-7-21(28)8-10-23)29-26(33)27(13-5-6-14-27)19-20(25(31)32)11-16-34-2/h7-10,20,22H,3-6,11-19H2,1-2H3,(H,29,33)(H,31,32). The number of methoxy groups -OCH3 is 1. The molecule has 2 rings (SSSR count). The van der Waals surface area contributed by atoms with Gasteiger partial charge in [0.05, 0.1) is 31.0 Å². The molecule has 0 saturated heterocycles. The van der Waals surface area contributed by atoms with Crippen LogP contribution in [-0.4, -0.2) is 55.9 Å². The van der Waals surface area contributed by atoms with E-state index in [9.17, 15) is 19.5 Å². The molecule has 0 spiro atoms. The van der Waals surface area contributed by atoms with Crippen LogP contribution in [0.4, 0.5) is 0 Å². The van der Waals surface area contributed by atoms with E-state index >= 15 is 0 Å². The third-order valence-electron chi connectivity index (χ3n) is 6.76. The lowest BCUT2D eigenvalue weighted by molar-refractivity contribution is -0.145. The number of carboxylic acid groups (broad SMARTS) is 1. The van der Waals surface area contributed by atoms with Gasteiger partial charge in [-0.15, -0.1) is 0 Å². The molecule has 1 fully saturated rings. The molecule has 9 heteroatoms. The summed E-state index contributed by atoms with van der Waals surface area (Å²) in [5.41, 5.74) is -0.766. The summed E-state index contributed by atoms with van der Waals surface area (Å²) in [6.07, 6.45) is 5.73. The van der Waals surface area contributed by atoms with Crippen molar-refractivity contribution >= 4 is 29.4 Å². The minimum Gasteiger partial charge on any atom is -0.494 e. The number of hydrogen-bond donors (Lipinski definition) is 2. The predicted molar refractivity (Wildman–Crippen MR) is 137 cm³/mol. The Hall–Kier alpha value is -2.32. The molecule has 8 nitrogen and oxygen atoms in total. The first kappa shape index (κ1) is 29.9. The Morgan fingerprint density at radius 1 is 1.08 bits per heavy atom. The number of rotatable bonds is 17. The minimum absolute atomic E-state index is 0.0293. The number of unbranched alkanes of at least 4 members (excludes halogenated alkanes) is 1. The molecule has 2 atom stereocenters. The molecule has 1 aliphatic rings. The monoisotopic (exact) mass is 525 g/mol. The third-order valence-corrected chi connectivity index (χ3v) is 7.01. The van der Waals surface area contributed by atoms with Crippen molar-refractivity contribution in [2.24, 2.45) is 11.3 Å². The van der Waals surface area contributed by atoms with Crippen LogP contribution in [0.3, 0.4) is 0 Å². The zero-order chi connectivity index (χ0) is 26.4. The molecule has 0 bridgehead atoms. The number of aliphatic carboxylic acids is 1. The largest absolute Gasteiger partial charge is 0.494 e. The second-order valence-electron chi connectivity index (χ2n) is 9.55. The van der Waals surface area contributed by atoms with Crippen molar-refractivity contribution in [2.75, 3.05) is 26.9 Å². The van der Waals surface area contributed by atoms with Crippen LogP contribution >= 0.6 is 11.6 Å². The average Bonchev–Trinajstić information content (AvgIpc) is 3.33. The number of carbonyl (C=O) groups excluding carboxylic acids is 2. The van der Waals surface area contributed by atoms with Gasteiger partial charge in [-0.1, -0.05) is 37.8 Å². The Morgan fingerprint density at radius 2 is 1.78 bits per heavy atom. The maximum atomic E-state index is 13.6. The van der Waals surface area contributed by atoms with Crippen LogP contribution < -0.4 is 10.1 Å². The molecular formula is C27H40ClNO7. The Labute approximate surface area is 219 Å². The third kappa shape index (κ3) is 9.97. The van der Waals surface area contributed by atoms with Crippen LogP contribution in [0.5, 0.6) is 5.75 Å². The Bertz CT molecular complexity index is 824. The van der Waals surface area contributed by atoms with Gasteiger partial charge in [0, 0.05) is 31.2 Å². The van der Waals surface area contributed by atoms with E-state index in [0.29, 0.717) is 49.7 Å². The number of benzene rings is 1. The molecule has 202 valence electrons. The molecule has 2 unspecified atom stereocenters. The summed E-state index contributed by atoms with van der Waals surface area (Å²) in [7, 11) is 1.53. The summed E-state index contributed by atoms with van der Waals surface area (Å²) in [5, 5.41) is 13.4. The van der Waals surface area contributed by atoms with E-state index in [0.717, 1.165) is 25.7 Å². The van der Waals surface area contributed by atoms with Crippen molar-refractivity contribution in [3.05, 3.63) is 29.3 Å². The van der Waals surface area contributed by atoms with Gasteiger partial charge < -0.3 is 24.6 Å². The first-order valence-electron chi connectivity index (χ1n) is 12.9. The highest BCUT2D eigenvalue weighted by molar-refractivity contribution is 6.30. The quantitative estimate of drug-likeness (QED) is 0.217. The number of nitrogens with one attached hydrogen (secondary N) is 1. The maximum absolute atomic E-state index is 13.6. The second-order valence-corrected chi connectivity index (χ2v) is 9.98. The number of amides is 1. The van der Waals surface area contributed by atoms with Gasteiger partial charge in [0.15, 0.2) is 0 Å². The van der Waals surface area contributed by atoms with Gasteiger partial charge in [-0.05, 0) is 56.4 Å². The van der Waals surface area contributed by atoms with Gasteiger partial charge in [0.2, 0.25) is 5.91 Å². The highest BCUT2D eigenvalue weighted by Crippen LogP contribution is 2.44. The van der Waals surface area contributed by atoms with Crippen molar-refractivity contribution in [2.45, 2.75) is 77.2 Å². The Kier molecular flexibility index (Phi) is 13.1. The van der Waals surface area contributed by atoms with Gasteiger partial charge in [0.25, 0.3) is 0 Å². The van der Waals surface area contributed by atoms with Crippen LogP contribution in [0.1, 0.15) is 71.1 Å². The molecule has 1 aromatic rings. The number of carbonyl (C=O) groups is 3. The summed E-state index contributed by atoms with van der Waals surface area (Å²) in [5.74, 6) is -1.51. The maximum Gasteiger partial charge on any atom is 0.307 e. The molecule has 0 radical (unpaired) electrons. The lowest BCUT2D eigenvalue weighted by Crippen LogP contribution is -2.47. The first-order chi connectivity index (χ1) is 17.3. The van der Waals surface area contributed by atoms with Crippen molar-refractivity contribution in [3.63, 3.8) is 0 Å². The number of hydrogen-bond acceptors (Lipinski definition) is 6. The molecule has 1 aliphatic carbocycles. The van der Waals surface area contributed by atoms with Crippen molar-refractivity contribution < 1.29 is 33.7 Å². The van der Waals surface area contributed by atoms with Crippen molar-refractivity contribution in [1.82, 2.24) is 5.32 Å². The second kappa shape index (κ2) is 15.7. The van der Waals surface area contributed by atoms with Crippen molar-refractivity contribution in [3.8, 4) is 5.75 Å². The topological polar surface area (TPSA) is 111 Å². The molecule has 0 heterocycles. The summed E-state index contributed by atoms with van der Waals surface area (Å²) in [6.45, 7) is 2.97. The van der Waals surface area contributed by atoms with E-state index < -0.39 is 23.3 Å². The average molecular weight is 526 g/mol. The summed E-state index contributed by atoms with van der Waals surface area (Å²) >= 11 is 5.92. The van der Waals surface area contributed by atoms with Crippen LogP contribution in [0.25, 0.3) is 0 Å². The molecule has 0 aromatic heterocycles. The minimum atomic E-state index is -0.918. The fourth-order valence-corrected chi connectivity index (χ4v) is 4.75. The lowest BCUT2D eigenvalue weighted by Gasteiger charge is -2.32. The smallest absolute Gasteiger partial charge is 0.307 e. The van der Waals surface area contributed by atoms with Gasteiger partial charge in [-0.3, -0.25) is 14.4 Å². The molecule has 1 amide bonds. The van der Waals surface area contributed by atoms with E-state index in [4.69, 9.17) is 25.8 Å². The first-order valence-corrected chi connectivity index (χ1v) is 13.2. The highest BCUT2D eigenvalue weighted by Gasteiger charge is 2.44. The number of ether oxygens (including phenoxy) is 3.